The second kappa shape index (κ2) is 9.50. The van der Waals surface area contributed by atoms with Crippen molar-refractivity contribution in [1.82, 2.24) is 24.6 Å². The molecular weight excluding hydrogens is 420 g/mol. The van der Waals surface area contributed by atoms with Crippen LogP contribution in [0.5, 0.6) is 0 Å². The first-order valence-corrected chi connectivity index (χ1v) is 11.7. The highest BCUT2D eigenvalue weighted by Crippen LogP contribution is 2.37. The van der Waals surface area contributed by atoms with Gasteiger partial charge in [-0.2, -0.15) is 10.4 Å². The van der Waals surface area contributed by atoms with E-state index in [0.717, 1.165) is 44.2 Å². The van der Waals surface area contributed by atoms with Crippen LogP contribution < -0.4 is 5.32 Å². The molecule has 0 saturated carbocycles. The molecule has 1 fully saturated rings. The molecule has 4 heterocycles. The van der Waals surface area contributed by atoms with E-state index in [1.165, 1.54) is 32.4 Å². The largest absolute Gasteiger partial charge is 0.349 e. The molecule has 0 amide bonds. The van der Waals surface area contributed by atoms with E-state index in [-0.39, 0.29) is 0 Å². The van der Waals surface area contributed by atoms with E-state index in [9.17, 15) is 0 Å². The van der Waals surface area contributed by atoms with E-state index < -0.39 is 0 Å². The number of aromatic nitrogens is 4. The Morgan fingerprint density at radius 2 is 1.65 bits per heavy atom. The van der Waals surface area contributed by atoms with E-state index in [4.69, 9.17) is 10.2 Å². The molecule has 2 aromatic carbocycles. The van der Waals surface area contributed by atoms with Gasteiger partial charge in [0.15, 0.2) is 0 Å². The Morgan fingerprint density at radius 1 is 0.882 bits per heavy atom. The Labute approximate surface area is 199 Å². The number of aryl methyl sites for hydroxylation is 2. The summed E-state index contributed by atoms with van der Waals surface area (Å²) in [5.74, 6) is 0. The third-order valence-electron chi connectivity index (χ3n) is 6.47. The summed E-state index contributed by atoms with van der Waals surface area (Å²) in [6, 6.07) is 18.3. The van der Waals surface area contributed by atoms with Crippen molar-refractivity contribution in [3.63, 3.8) is 0 Å². The van der Waals surface area contributed by atoms with Crippen LogP contribution in [-0.2, 0) is 14.1 Å². The van der Waals surface area contributed by atoms with E-state index >= 15 is 0 Å². The summed E-state index contributed by atoms with van der Waals surface area (Å²) in [7, 11) is 3.96. The summed E-state index contributed by atoms with van der Waals surface area (Å²) < 4.78 is 3.94. The molecule has 0 bridgehead atoms. The topological polar surface area (TPSA) is 71.5 Å². The van der Waals surface area contributed by atoms with Gasteiger partial charge >= 0.3 is 0 Å². The highest BCUT2D eigenvalue weighted by molar-refractivity contribution is 6.02. The number of nitriles is 1. The zero-order chi connectivity index (χ0) is 23.5. The van der Waals surface area contributed by atoms with Crippen LogP contribution in [0, 0.1) is 11.3 Å². The minimum atomic E-state index is 0.648. The molecule has 5 aromatic rings. The third kappa shape index (κ3) is 4.18. The predicted octanol–water partition coefficient (Wildman–Crippen LogP) is 5.43. The van der Waals surface area contributed by atoms with Crippen molar-refractivity contribution < 1.29 is 0 Å². The van der Waals surface area contributed by atoms with Crippen molar-refractivity contribution in [2.45, 2.75) is 19.3 Å². The minimum Gasteiger partial charge on any atom is -0.349 e. The van der Waals surface area contributed by atoms with Crippen molar-refractivity contribution in [3.05, 3.63) is 72.7 Å². The standard InChI is InChI=1S/C23H17N5.C5H11N/c1-27-10-9-19-21(27)14-25-23(22(19)16-5-3-15(12-24)4-6-16)17-7-8-20-18(11-17)13-26-28(20)2;1-2-4-6-5-3-1/h3-11,13-14H,1-2H3;6H,1-5H2. The van der Waals surface area contributed by atoms with Gasteiger partial charge in [0.1, 0.15) is 0 Å². The van der Waals surface area contributed by atoms with Gasteiger partial charge in [-0.3, -0.25) is 9.67 Å². The van der Waals surface area contributed by atoms with Crippen LogP contribution in [0.15, 0.2) is 67.1 Å². The molecule has 6 rings (SSSR count). The fourth-order valence-electron chi connectivity index (χ4n) is 4.57. The lowest BCUT2D eigenvalue weighted by molar-refractivity contribution is 0.520. The Bertz CT molecular complexity index is 1470. The van der Waals surface area contributed by atoms with Crippen molar-refractivity contribution in [1.29, 1.82) is 5.26 Å². The first-order valence-electron chi connectivity index (χ1n) is 11.7. The van der Waals surface area contributed by atoms with Gasteiger partial charge in [0.2, 0.25) is 0 Å². The van der Waals surface area contributed by atoms with Crippen LogP contribution >= 0.6 is 0 Å². The van der Waals surface area contributed by atoms with E-state index in [2.05, 4.69) is 45.3 Å². The minimum absolute atomic E-state index is 0.648. The van der Waals surface area contributed by atoms with Gasteiger partial charge in [-0.15, -0.1) is 0 Å². The maximum Gasteiger partial charge on any atom is 0.0991 e. The molecule has 34 heavy (non-hydrogen) atoms. The van der Waals surface area contributed by atoms with Gasteiger partial charge in [0.05, 0.1) is 40.8 Å². The maximum atomic E-state index is 9.14. The number of benzene rings is 2. The lowest BCUT2D eigenvalue weighted by Crippen LogP contribution is -2.21. The second-order valence-electron chi connectivity index (χ2n) is 8.75. The number of rotatable bonds is 2. The van der Waals surface area contributed by atoms with Gasteiger partial charge in [-0.1, -0.05) is 24.6 Å². The van der Waals surface area contributed by atoms with Crippen molar-refractivity contribution >= 4 is 21.8 Å². The first kappa shape index (κ1) is 21.9. The third-order valence-corrected chi connectivity index (χ3v) is 6.47. The molecular formula is C28H28N6. The van der Waals surface area contributed by atoms with Gasteiger partial charge in [0.25, 0.3) is 0 Å². The van der Waals surface area contributed by atoms with Crippen LogP contribution in [0.25, 0.3) is 44.2 Å². The van der Waals surface area contributed by atoms with Gasteiger partial charge < -0.3 is 9.88 Å². The summed E-state index contributed by atoms with van der Waals surface area (Å²) in [4.78, 5) is 4.83. The molecule has 0 aliphatic carbocycles. The maximum absolute atomic E-state index is 9.14. The molecule has 0 unspecified atom stereocenters. The Morgan fingerprint density at radius 3 is 2.32 bits per heavy atom. The van der Waals surface area contributed by atoms with Gasteiger partial charge in [-0.05, 0) is 61.8 Å². The van der Waals surface area contributed by atoms with Crippen molar-refractivity contribution in [2.24, 2.45) is 14.1 Å². The average Bonchev–Trinajstić information content (AvgIpc) is 3.47. The summed E-state index contributed by atoms with van der Waals surface area (Å²) in [6.45, 7) is 2.50. The Kier molecular flexibility index (Phi) is 6.11. The van der Waals surface area contributed by atoms with Crippen LogP contribution in [-0.4, -0.2) is 32.4 Å². The van der Waals surface area contributed by atoms with Crippen molar-refractivity contribution in [2.75, 3.05) is 13.1 Å². The molecule has 0 atom stereocenters. The van der Waals surface area contributed by atoms with Gasteiger partial charge in [-0.25, -0.2) is 0 Å². The Hall–Kier alpha value is -3.95. The van der Waals surface area contributed by atoms with Crippen LogP contribution in [0.1, 0.15) is 24.8 Å². The molecule has 0 radical (unpaired) electrons. The molecule has 1 N–H and O–H groups in total. The number of nitrogens with one attached hydrogen (secondary N) is 1. The number of hydrogen-bond acceptors (Lipinski definition) is 4. The SMILES string of the molecule is C1CCNCC1.Cn1ccc2c(-c3ccc(C#N)cc3)c(-c3ccc4c(cnn4C)c3)ncc21. The van der Waals surface area contributed by atoms with Crippen LogP contribution in [0.3, 0.4) is 0 Å². The Balaban J connectivity index is 0.000000351. The number of pyridine rings is 1. The first-order chi connectivity index (χ1) is 16.7. The highest BCUT2D eigenvalue weighted by Gasteiger charge is 2.16. The average molecular weight is 449 g/mol. The fraction of sp³-hybridized carbons (Fsp3) is 0.250. The fourth-order valence-corrected chi connectivity index (χ4v) is 4.57. The van der Waals surface area contributed by atoms with Crippen molar-refractivity contribution in [3.8, 4) is 28.5 Å². The summed E-state index contributed by atoms with van der Waals surface area (Å²) >= 11 is 0. The quantitative estimate of drug-likeness (QED) is 0.391. The summed E-state index contributed by atoms with van der Waals surface area (Å²) in [5.41, 5.74) is 6.90. The predicted molar refractivity (Wildman–Crippen MR) is 137 cm³/mol. The molecule has 6 nitrogen and oxygen atoms in total. The molecule has 0 spiro atoms. The molecule has 1 aliphatic heterocycles. The normalized spacial score (nSPS) is 13.4. The molecule has 6 heteroatoms. The molecule has 170 valence electrons. The van der Waals surface area contributed by atoms with Gasteiger partial charge in [0, 0.05) is 42.2 Å². The zero-order valence-corrected chi connectivity index (χ0v) is 19.6. The van der Waals surface area contributed by atoms with E-state index in [1.54, 1.807) is 0 Å². The highest BCUT2D eigenvalue weighted by atomic mass is 15.2. The smallest absolute Gasteiger partial charge is 0.0991 e. The summed E-state index contributed by atoms with van der Waals surface area (Å²) in [5, 5.41) is 19.0. The lowest BCUT2D eigenvalue weighted by Gasteiger charge is -2.12. The number of fused-ring (bicyclic) bond motifs is 2. The van der Waals surface area contributed by atoms with E-state index in [0.29, 0.717) is 5.56 Å². The number of piperidine rings is 1. The second-order valence-corrected chi connectivity index (χ2v) is 8.75. The lowest BCUT2D eigenvalue weighted by atomic mass is 9.95. The van der Waals surface area contributed by atoms with Crippen LogP contribution in [0.4, 0.5) is 0 Å². The number of nitrogens with zero attached hydrogens (tertiary/aromatic N) is 5. The number of hydrogen-bond donors (Lipinski definition) is 1. The summed E-state index contributed by atoms with van der Waals surface area (Å²) in [6.07, 6.45) is 10.1. The van der Waals surface area contributed by atoms with Crippen LogP contribution in [0.2, 0.25) is 0 Å². The monoisotopic (exact) mass is 448 g/mol. The zero-order valence-electron chi connectivity index (χ0n) is 19.6. The van der Waals surface area contributed by atoms with E-state index in [1.807, 2.05) is 61.6 Å². The molecule has 1 saturated heterocycles. The molecule has 1 aliphatic rings. The molecule has 3 aromatic heterocycles.